The standard InChI is InChI=1S/C34H33FN2O6S/c1-5-41-27-16-20(6-11-26(27)42-13-12-18(2)3)30-29(31(38)21-7-10-25-22(15-21)14-19(4)43-25)32(39)33(40)37(30)34-36-24-9-8-23(35)17-28(24)44-34/h6-11,15-19,30,38H,5,12-14H2,1-4H3/t19-,30+/m0/s1. The molecule has 2 aliphatic heterocycles. The lowest BCUT2D eigenvalue weighted by atomic mass is 9.94. The van der Waals surface area contributed by atoms with Crippen LogP contribution in [0.25, 0.3) is 16.0 Å². The van der Waals surface area contributed by atoms with E-state index in [0.29, 0.717) is 58.4 Å². The summed E-state index contributed by atoms with van der Waals surface area (Å²) in [5, 5.41) is 11.9. The van der Waals surface area contributed by atoms with Crippen LogP contribution < -0.4 is 19.1 Å². The molecule has 2 aliphatic rings. The number of amides is 1. The number of Topliss-reactive ketones (excluding diaryl/α,β-unsaturated/α-hetero) is 1. The molecule has 1 amide bonds. The summed E-state index contributed by atoms with van der Waals surface area (Å²) in [6.07, 6.45) is 1.51. The number of hydrogen-bond acceptors (Lipinski definition) is 8. The lowest BCUT2D eigenvalue weighted by Gasteiger charge is -2.24. The number of fused-ring (bicyclic) bond motifs is 2. The van der Waals surface area contributed by atoms with Gasteiger partial charge in [-0.15, -0.1) is 0 Å². The van der Waals surface area contributed by atoms with E-state index in [1.54, 1.807) is 36.4 Å². The zero-order valence-electron chi connectivity index (χ0n) is 24.9. The summed E-state index contributed by atoms with van der Waals surface area (Å²) in [5.41, 5.74) is 2.23. The molecule has 0 aliphatic carbocycles. The fraction of sp³-hybridized carbons (Fsp3) is 0.324. The molecule has 0 radical (unpaired) electrons. The first kappa shape index (κ1) is 29.6. The number of aliphatic hydroxyl groups excluding tert-OH is 1. The first-order chi connectivity index (χ1) is 21.1. The highest BCUT2D eigenvalue weighted by Crippen LogP contribution is 2.46. The number of carbonyl (C=O) groups is 2. The summed E-state index contributed by atoms with van der Waals surface area (Å²) < 4.78 is 32.3. The summed E-state index contributed by atoms with van der Waals surface area (Å²) in [7, 11) is 0. The molecule has 3 aromatic carbocycles. The summed E-state index contributed by atoms with van der Waals surface area (Å²) in [6, 6.07) is 13.6. The molecule has 44 heavy (non-hydrogen) atoms. The average Bonchev–Trinajstić information content (AvgIpc) is 3.65. The van der Waals surface area contributed by atoms with E-state index < -0.39 is 23.5 Å². The van der Waals surface area contributed by atoms with Crippen molar-refractivity contribution >= 4 is 44.1 Å². The number of ketones is 1. The van der Waals surface area contributed by atoms with Gasteiger partial charge in [-0.05, 0) is 85.8 Å². The molecule has 6 rings (SSSR count). The van der Waals surface area contributed by atoms with Gasteiger partial charge in [0.1, 0.15) is 23.4 Å². The summed E-state index contributed by atoms with van der Waals surface area (Å²) in [4.78, 5) is 33.3. The molecular weight excluding hydrogens is 583 g/mol. The lowest BCUT2D eigenvalue weighted by Crippen LogP contribution is -2.29. The normalized spacial score (nSPS) is 19.1. The van der Waals surface area contributed by atoms with Crippen molar-refractivity contribution in [2.75, 3.05) is 18.1 Å². The van der Waals surface area contributed by atoms with Gasteiger partial charge in [0.05, 0.1) is 35.0 Å². The SMILES string of the molecule is CCOc1cc([C@@H]2C(=C(O)c3ccc4c(c3)C[C@H](C)O4)C(=O)C(=O)N2c2nc3ccc(F)cc3s2)ccc1OCCC(C)C. The molecular formula is C34H33FN2O6S. The molecule has 3 heterocycles. The van der Waals surface area contributed by atoms with Crippen LogP contribution in [-0.4, -0.2) is 41.1 Å². The van der Waals surface area contributed by atoms with Gasteiger partial charge in [0.15, 0.2) is 16.6 Å². The van der Waals surface area contributed by atoms with Crippen molar-refractivity contribution < 1.29 is 33.3 Å². The van der Waals surface area contributed by atoms with Gasteiger partial charge in [-0.1, -0.05) is 31.3 Å². The number of aromatic nitrogens is 1. The molecule has 8 nitrogen and oxygen atoms in total. The Morgan fingerprint density at radius 3 is 2.70 bits per heavy atom. The fourth-order valence-electron chi connectivity index (χ4n) is 5.55. The van der Waals surface area contributed by atoms with Gasteiger partial charge in [-0.25, -0.2) is 9.37 Å². The van der Waals surface area contributed by atoms with Crippen LogP contribution in [0.15, 0.2) is 60.2 Å². The highest BCUT2D eigenvalue weighted by Gasteiger charge is 2.48. The Bertz CT molecular complexity index is 1800. The molecule has 4 aromatic rings. The molecule has 10 heteroatoms. The van der Waals surface area contributed by atoms with Gasteiger partial charge in [0.2, 0.25) is 0 Å². The number of carbonyl (C=O) groups excluding carboxylic acids is 2. The number of rotatable bonds is 9. The number of benzene rings is 3. The van der Waals surface area contributed by atoms with E-state index in [2.05, 4.69) is 18.8 Å². The first-order valence-corrected chi connectivity index (χ1v) is 15.5. The second-order valence-corrected chi connectivity index (χ2v) is 12.4. The molecule has 0 spiro atoms. The third-order valence-electron chi connectivity index (χ3n) is 7.70. The predicted octanol–water partition coefficient (Wildman–Crippen LogP) is 7.21. The Balaban J connectivity index is 1.50. The minimum Gasteiger partial charge on any atom is -0.507 e. The molecule has 0 bridgehead atoms. The molecule has 0 saturated carbocycles. The number of anilines is 1. The van der Waals surface area contributed by atoms with Crippen molar-refractivity contribution in [3.63, 3.8) is 0 Å². The third-order valence-corrected chi connectivity index (χ3v) is 8.71. The maximum atomic E-state index is 14.0. The Morgan fingerprint density at radius 1 is 1.11 bits per heavy atom. The van der Waals surface area contributed by atoms with Gasteiger partial charge in [-0.2, -0.15) is 0 Å². The summed E-state index contributed by atoms with van der Waals surface area (Å²) >= 11 is 1.10. The van der Waals surface area contributed by atoms with E-state index in [0.717, 1.165) is 29.1 Å². The zero-order valence-corrected chi connectivity index (χ0v) is 25.7. The van der Waals surface area contributed by atoms with Crippen LogP contribution in [0.3, 0.4) is 0 Å². The molecule has 1 saturated heterocycles. The number of halogens is 1. The largest absolute Gasteiger partial charge is 0.507 e. The first-order valence-electron chi connectivity index (χ1n) is 14.7. The van der Waals surface area contributed by atoms with Gasteiger partial charge < -0.3 is 19.3 Å². The smallest absolute Gasteiger partial charge is 0.301 e. The van der Waals surface area contributed by atoms with Crippen molar-refractivity contribution in [2.45, 2.75) is 52.7 Å². The third kappa shape index (κ3) is 5.50. The van der Waals surface area contributed by atoms with Crippen molar-refractivity contribution in [3.8, 4) is 17.2 Å². The van der Waals surface area contributed by atoms with E-state index in [1.165, 1.54) is 23.1 Å². The number of nitrogens with zero attached hydrogens (tertiary/aromatic N) is 2. The van der Waals surface area contributed by atoms with Gasteiger partial charge in [-0.3, -0.25) is 14.5 Å². The van der Waals surface area contributed by atoms with Gasteiger partial charge >= 0.3 is 5.91 Å². The highest BCUT2D eigenvalue weighted by molar-refractivity contribution is 7.22. The van der Waals surface area contributed by atoms with Gasteiger partial charge in [0.25, 0.3) is 5.78 Å². The quantitative estimate of drug-likeness (QED) is 0.121. The minimum atomic E-state index is -1.03. The van der Waals surface area contributed by atoms with Crippen LogP contribution in [0.1, 0.15) is 56.8 Å². The van der Waals surface area contributed by atoms with Crippen LogP contribution in [0, 0.1) is 11.7 Å². The predicted molar refractivity (Wildman–Crippen MR) is 167 cm³/mol. The van der Waals surface area contributed by atoms with E-state index in [4.69, 9.17) is 14.2 Å². The highest BCUT2D eigenvalue weighted by atomic mass is 32.1. The molecule has 0 unspecified atom stereocenters. The Kier molecular flexibility index (Phi) is 8.02. The zero-order chi connectivity index (χ0) is 31.1. The van der Waals surface area contributed by atoms with Gasteiger partial charge in [0, 0.05) is 12.0 Å². The van der Waals surface area contributed by atoms with Crippen molar-refractivity contribution in [3.05, 3.63) is 82.7 Å². The molecule has 228 valence electrons. The molecule has 2 atom stereocenters. The average molecular weight is 617 g/mol. The monoisotopic (exact) mass is 616 g/mol. The Labute approximate surface area is 258 Å². The number of aliphatic hydroxyl groups is 1. The van der Waals surface area contributed by atoms with Crippen LogP contribution in [-0.2, 0) is 16.0 Å². The fourth-order valence-corrected chi connectivity index (χ4v) is 6.56. The molecule has 1 fully saturated rings. The van der Waals surface area contributed by atoms with Crippen LogP contribution in [0.5, 0.6) is 17.2 Å². The minimum absolute atomic E-state index is 0.00453. The molecule has 1 aromatic heterocycles. The van der Waals surface area contributed by atoms with Crippen molar-refractivity contribution in [2.24, 2.45) is 5.92 Å². The Morgan fingerprint density at radius 2 is 1.93 bits per heavy atom. The van der Waals surface area contributed by atoms with Crippen LogP contribution in [0.2, 0.25) is 0 Å². The number of thiazole rings is 1. The lowest BCUT2D eigenvalue weighted by molar-refractivity contribution is -0.132. The van der Waals surface area contributed by atoms with Crippen LogP contribution in [0.4, 0.5) is 9.52 Å². The number of hydrogen-bond donors (Lipinski definition) is 1. The second kappa shape index (κ2) is 11.9. The summed E-state index contributed by atoms with van der Waals surface area (Å²) in [6.45, 7) is 8.91. The molecule has 1 N–H and O–H groups in total. The number of ether oxygens (including phenoxy) is 3. The maximum absolute atomic E-state index is 14.0. The van der Waals surface area contributed by atoms with Crippen LogP contribution >= 0.6 is 11.3 Å². The van der Waals surface area contributed by atoms with E-state index >= 15 is 0 Å². The van der Waals surface area contributed by atoms with E-state index in [-0.39, 0.29) is 22.6 Å². The maximum Gasteiger partial charge on any atom is 0.301 e. The van der Waals surface area contributed by atoms with Crippen molar-refractivity contribution in [1.29, 1.82) is 0 Å². The topological polar surface area (TPSA) is 98.2 Å². The summed E-state index contributed by atoms with van der Waals surface area (Å²) in [5.74, 6) is -0.257. The Hall–Kier alpha value is -4.44. The van der Waals surface area contributed by atoms with Crippen molar-refractivity contribution in [1.82, 2.24) is 4.98 Å². The second-order valence-electron chi connectivity index (χ2n) is 11.4. The van der Waals surface area contributed by atoms with E-state index in [1.807, 2.05) is 13.8 Å². The van der Waals surface area contributed by atoms with E-state index in [9.17, 15) is 19.1 Å².